The van der Waals surface area contributed by atoms with Crippen LogP contribution >= 0.6 is 11.6 Å². The van der Waals surface area contributed by atoms with Crippen molar-refractivity contribution in [3.63, 3.8) is 0 Å². The fraction of sp³-hybridized carbons (Fsp3) is 0.467. The van der Waals surface area contributed by atoms with Crippen molar-refractivity contribution in [2.24, 2.45) is 0 Å². The summed E-state index contributed by atoms with van der Waals surface area (Å²) in [5.41, 5.74) is -0.214. The van der Waals surface area contributed by atoms with Crippen LogP contribution in [-0.4, -0.2) is 33.3 Å². The number of hydrogen-bond acceptors (Lipinski definition) is 2. The maximum absolute atomic E-state index is 13.0. The van der Waals surface area contributed by atoms with Gasteiger partial charge in [0.05, 0.1) is 16.3 Å². The maximum Gasteiger partial charge on any atom is 0.417 e. The van der Waals surface area contributed by atoms with Gasteiger partial charge in [0.25, 0.3) is 5.91 Å². The largest absolute Gasteiger partial charge is 0.417 e. The molecular weight excluding hydrogens is 331 g/mol. The Balaban J connectivity index is 2.14. The van der Waals surface area contributed by atoms with Crippen LogP contribution in [0.15, 0.2) is 12.3 Å². The van der Waals surface area contributed by atoms with Gasteiger partial charge in [0, 0.05) is 19.3 Å². The second kappa shape index (κ2) is 5.70. The number of pyridine rings is 1. The number of nitrogens with zero attached hydrogens (tertiary/aromatic N) is 3. The minimum Gasteiger partial charge on any atom is -0.337 e. The van der Waals surface area contributed by atoms with Gasteiger partial charge in [-0.3, -0.25) is 9.20 Å². The van der Waals surface area contributed by atoms with Crippen molar-refractivity contribution in [1.29, 1.82) is 0 Å². The zero-order chi connectivity index (χ0) is 16.8. The lowest BCUT2D eigenvalue weighted by Crippen LogP contribution is -2.36. The number of carbonyl (C=O) groups is 1. The molecule has 2 aromatic rings. The van der Waals surface area contributed by atoms with E-state index in [0.29, 0.717) is 18.8 Å². The highest BCUT2D eigenvalue weighted by Crippen LogP contribution is 2.33. The Kier molecular flexibility index (Phi) is 4.00. The monoisotopic (exact) mass is 345 g/mol. The first-order valence-corrected chi connectivity index (χ1v) is 7.71. The zero-order valence-electron chi connectivity index (χ0n) is 12.5. The highest BCUT2D eigenvalue weighted by Gasteiger charge is 2.33. The van der Waals surface area contributed by atoms with E-state index in [2.05, 4.69) is 4.98 Å². The summed E-state index contributed by atoms with van der Waals surface area (Å²) in [6.45, 7) is 2.82. The molecule has 8 heteroatoms. The van der Waals surface area contributed by atoms with E-state index < -0.39 is 11.7 Å². The molecule has 3 heterocycles. The van der Waals surface area contributed by atoms with E-state index in [-0.39, 0.29) is 22.3 Å². The lowest BCUT2D eigenvalue weighted by atomic mass is 10.1. The van der Waals surface area contributed by atoms with Crippen LogP contribution in [0.5, 0.6) is 0 Å². The fourth-order valence-electron chi connectivity index (χ4n) is 2.88. The van der Waals surface area contributed by atoms with Crippen molar-refractivity contribution >= 4 is 23.2 Å². The van der Waals surface area contributed by atoms with E-state index in [1.54, 1.807) is 11.8 Å². The predicted molar refractivity (Wildman–Crippen MR) is 79.7 cm³/mol. The summed E-state index contributed by atoms with van der Waals surface area (Å²) >= 11 is 5.94. The molecule has 0 atom stereocenters. The quantitative estimate of drug-likeness (QED) is 0.785. The standard InChI is InChI=1S/C15H15ClF3N3O/c1-9-12(14(23)21-5-3-2-4-6-21)22-8-10(15(17,18)19)7-11(16)13(22)20-9/h7-8H,2-6H2,1H3. The number of halogens is 4. The summed E-state index contributed by atoms with van der Waals surface area (Å²) in [6.07, 6.45) is -0.800. The molecule has 1 aliphatic rings. The van der Waals surface area contributed by atoms with Crippen LogP contribution in [0, 0.1) is 6.92 Å². The molecule has 124 valence electrons. The minimum absolute atomic E-state index is 0.124. The molecule has 0 unspecified atom stereocenters. The van der Waals surface area contributed by atoms with E-state index in [1.165, 1.54) is 0 Å². The number of amides is 1. The normalized spacial score (nSPS) is 16.1. The van der Waals surface area contributed by atoms with Crippen molar-refractivity contribution in [3.05, 3.63) is 34.2 Å². The van der Waals surface area contributed by atoms with E-state index in [1.807, 2.05) is 0 Å². The number of piperidine rings is 1. The molecule has 0 radical (unpaired) electrons. The minimum atomic E-state index is -4.54. The third kappa shape index (κ3) is 2.89. The van der Waals surface area contributed by atoms with Gasteiger partial charge in [-0.05, 0) is 32.3 Å². The molecule has 4 nitrogen and oxygen atoms in total. The van der Waals surface area contributed by atoms with Crippen LogP contribution in [0.2, 0.25) is 5.02 Å². The summed E-state index contributed by atoms with van der Waals surface area (Å²) in [5, 5.41) is -0.124. The number of aromatic nitrogens is 2. The molecule has 1 saturated heterocycles. The Morgan fingerprint density at radius 1 is 1.26 bits per heavy atom. The molecule has 1 fully saturated rings. The zero-order valence-corrected chi connectivity index (χ0v) is 13.2. The number of imidazole rings is 1. The van der Waals surface area contributed by atoms with Crippen molar-refractivity contribution in [2.45, 2.75) is 32.4 Å². The number of likely N-dealkylation sites (tertiary alicyclic amines) is 1. The van der Waals surface area contributed by atoms with Crippen LogP contribution in [0.1, 0.15) is 41.0 Å². The van der Waals surface area contributed by atoms with Gasteiger partial charge in [0.15, 0.2) is 5.65 Å². The molecule has 2 aromatic heterocycles. The van der Waals surface area contributed by atoms with Crippen molar-refractivity contribution in [2.75, 3.05) is 13.1 Å². The van der Waals surface area contributed by atoms with Gasteiger partial charge in [0.2, 0.25) is 0 Å². The van der Waals surface area contributed by atoms with E-state index in [4.69, 9.17) is 11.6 Å². The number of alkyl halides is 3. The molecule has 0 aromatic carbocycles. The molecule has 0 bridgehead atoms. The Labute approximate surface area is 135 Å². The van der Waals surface area contributed by atoms with Crippen LogP contribution in [0.3, 0.4) is 0 Å². The molecule has 1 aliphatic heterocycles. The van der Waals surface area contributed by atoms with Gasteiger partial charge in [-0.1, -0.05) is 11.6 Å². The molecule has 0 aliphatic carbocycles. The first-order valence-electron chi connectivity index (χ1n) is 7.33. The summed E-state index contributed by atoms with van der Waals surface area (Å²) < 4.78 is 40.2. The van der Waals surface area contributed by atoms with E-state index in [9.17, 15) is 18.0 Å². The Bertz CT molecular complexity index is 763. The Morgan fingerprint density at radius 2 is 1.91 bits per heavy atom. The highest BCUT2D eigenvalue weighted by molar-refractivity contribution is 6.33. The number of fused-ring (bicyclic) bond motifs is 1. The van der Waals surface area contributed by atoms with Crippen molar-refractivity contribution in [3.8, 4) is 0 Å². The molecule has 1 amide bonds. The lowest BCUT2D eigenvalue weighted by Gasteiger charge is -2.26. The number of carbonyl (C=O) groups excluding carboxylic acids is 1. The third-order valence-corrected chi connectivity index (χ3v) is 4.30. The van der Waals surface area contributed by atoms with Gasteiger partial charge in [-0.25, -0.2) is 4.98 Å². The molecule has 0 N–H and O–H groups in total. The van der Waals surface area contributed by atoms with Gasteiger partial charge < -0.3 is 4.90 Å². The average Bonchev–Trinajstić information content (AvgIpc) is 2.83. The lowest BCUT2D eigenvalue weighted by molar-refractivity contribution is -0.137. The van der Waals surface area contributed by atoms with Gasteiger partial charge in [-0.15, -0.1) is 0 Å². The van der Waals surface area contributed by atoms with E-state index in [0.717, 1.165) is 35.9 Å². The smallest absolute Gasteiger partial charge is 0.337 e. The first-order chi connectivity index (χ1) is 10.8. The predicted octanol–water partition coefficient (Wildman–Crippen LogP) is 3.94. The number of hydrogen-bond donors (Lipinski definition) is 0. The average molecular weight is 346 g/mol. The molecule has 0 spiro atoms. The van der Waals surface area contributed by atoms with Crippen molar-refractivity contribution < 1.29 is 18.0 Å². The third-order valence-electron chi connectivity index (χ3n) is 4.02. The fourth-order valence-corrected chi connectivity index (χ4v) is 3.13. The topological polar surface area (TPSA) is 37.6 Å². The molecular formula is C15H15ClF3N3O. The Hall–Kier alpha value is -1.76. The van der Waals surface area contributed by atoms with Gasteiger partial charge in [0.1, 0.15) is 5.69 Å². The van der Waals surface area contributed by atoms with E-state index >= 15 is 0 Å². The second-order valence-electron chi connectivity index (χ2n) is 5.67. The Morgan fingerprint density at radius 3 is 2.52 bits per heavy atom. The van der Waals surface area contributed by atoms with Crippen LogP contribution in [0.4, 0.5) is 13.2 Å². The SMILES string of the molecule is Cc1nc2c(Cl)cc(C(F)(F)F)cn2c1C(=O)N1CCCCC1. The van der Waals surface area contributed by atoms with Crippen LogP contribution in [-0.2, 0) is 6.18 Å². The second-order valence-corrected chi connectivity index (χ2v) is 6.07. The molecule has 3 rings (SSSR count). The van der Waals surface area contributed by atoms with Crippen LogP contribution < -0.4 is 0 Å². The summed E-state index contributed by atoms with van der Waals surface area (Å²) in [4.78, 5) is 18.5. The van der Waals surface area contributed by atoms with Crippen LogP contribution in [0.25, 0.3) is 5.65 Å². The highest BCUT2D eigenvalue weighted by atomic mass is 35.5. The van der Waals surface area contributed by atoms with Gasteiger partial charge >= 0.3 is 6.18 Å². The summed E-state index contributed by atoms with van der Waals surface area (Å²) in [5.74, 6) is -0.301. The molecule has 23 heavy (non-hydrogen) atoms. The molecule has 0 saturated carbocycles. The summed E-state index contributed by atoms with van der Waals surface area (Å²) in [6, 6.07) is 0.832. The van der Waals surface area contributed by atoms with Gasteiger partial charge in [-0.2, -0.15) is 13.2 Å². The maximum atomic E-state index is 13.0. The number of aryl methyl sites for hydroxylation is 1. The summed E-state index contributed by atoms with van der Waals surface area (Å²) in [7, 11) is 0. The number of rotatable bonds is 1. The first kappa shape index (κ1) is 16.1. The van der Waals surface area contributed by atoms with Crippen molar-refractivity contribution in [1.82, 2.24) is 14.3 Å².